The molecule has 0 atom stereocenters. The number of alkyl halides is 5. The smallest absolute Gasteiger partial charge is 0.466 e. The lowest BCUT2D eigenvalue weighted by Gasteiger charge is -2.14. The van der Waals surface area contributed by atoms with Gasteiger partial charge in [0.15, 0.2) is 5.75 Å². The highest BCUT2D eigenvalue weighted by atomic mass is 127. The van der Waals surface area contributed by atoms with Crippen molar-refractivity contribution in [3.8, 4) is 5.75 Å². The van der Waals surface area contributed by atoms with Gasteiger partial charge in [0.25, 0.3) is 6.43 Å². The Morgan fingerprint density at radius 2 is 2.05 bits per heavy atom. The predicted molar refractivity (Wildman–Crippen MR) is 68.9 cm³/mol. The summed E-state index contributed by atoms with van der Waals surface area (Å²) >= 11 is 1.41. The first-order valence-electron chi connectivity index (χ1n) is 5.52. The van der Waals surface area contributed by atoms with Crippen LogP contribution in [0.2, 0.25) is 0 Å². The van der Waals surface area contributed by atoms with Crippen LogP contribution in [0.1, 0.15) is 24.7 Å². The molecular formula is C11H9F5INO3. The Morgan fingerprint density at radius 3 is 2.52 bits per heavy atom. The van der Waals surface area contributed by atoms with E-state index in [1.54, 1.807) is 0 Å². The maximum atomic E-state index is 12.7. The van der Waals surface area contributed by atoms with E-state index in [1.807, 2.05) is 0 Å². The summed E-state index contributed by atoms with van der Waals surface area (Å²) in [5.41, 5.74) is -1.27. The average molecular weight is 425 g/mol. The summed E-state index contributed by atoms with van der Waals surface area (Å²) in [6.45, 7) is 1.50. The number of carbonyl (C=O) groups excluding carboxylic acids is 1. The minimum Gasteiger partial charge on any atom is -0.466 e. The van der Waals surface area contributed by atoms with Gasteiger partial charge in [-0.15, -0.1) is 13.2 Å². The van der Waals surface area contributed by atoms with Crippen molar-refractivity contribution in [2.75, 3.05) is 6.61 Å². The standard InChI is InChI=1S/C11H9F5INO3/c1-2-20-8(19)4-6-7(21-11(14,15)16)3-5(17)9(18-6)10(12)13/h3,10H,2,4H2,1H3. The number of ether oxygens (including phenoxy) is 2. The second-order valence-electron chi connectivity index (χ2n) is 3.63. The van der Waals surface area contributed by atoms with Crippen molar-refractivity contribution in [2.45, 2.75) is 26.1 Å². The number of rotatable bonds is 5. The van der Waals surface area contributed by atoms with Crippen LogP contribution in [0, 0.1) is 3.57 Å². The molecule has 0 aliphatic carbocycles. The topological polar surface area (TPSA) is 48.4 Å². The van der Waals surface area contributed by atoms with Crippen molar-refractivity contribution in [2.24, 2.45) is 0 Å². The lowest BCUT2D eigenvalue weighted by Crippen LogP contribution is -2.20. The molecule has 0 fully saturated rings. The van der Waals surface area contributed by atoms with Gasteiger partial charge in [-0.05, 0) is 35.6 Å². The van der Waals surface area contributed by atoms with Crippen molar-refractivity contribution in [1.82, 2.24) is 4.98 Å². The van der Waals surface area contributed by atoms with Gasteiger partial charge in [0.1, 0.15) is 5.69 Å². The summed E-state index contributed by atoms with van der Waals surface area (Å²) in [7, 11) is 0. The summed E-state index contributed by atoms with van der Waals surface area (Å²) in [4.78, 5) is 14.7. The molecule has 0 bridgehead atoms. The zero-order valence-electron chi connectivity index (χ0n) is 10.5. The largest absolute Gasteiger partial charge is 0.573 e. The molecule has 0 saturated heterocycles. The summed E-state index contributed by atoms with van der Waals surface area (Å²) in [6, 6.07) is 0.761. The van der Waals surface area contributed by atoms with E-state index in [0.29, 0.717) is 0 Å². The molecule has 0 spiro atoms. The first kappa shape index (κ1) is 17.9. The third kappa shape index (κ3) is 5.59. The van der Waals surface area contributed by atoms with Gasteiger partial charge in [-0.1, -0.05) is 0 Å². The van der Waals surface area contributed by atoms with Gasteiger partial charge in [-0.25, -0.2) is 13.8 Å². The zero-order chi connectivity index (χ0) is 16.2. The first-order valence-corrected chi connectivity index (χ1v) is 6.60. The van der Waals surface area contributed by atoms with E-state index in [1.165, 1.54) is 29.5 Å². The number of nitrogens with zero attached hydrogens (tertiary/aromatic N) is 1. The summed E-state index contributed by atoms with van der Waals surface area (Å²) in [5.74, 6) is -1.69. The average Bonchev–Trinajstić information content (AvgIpc) is 2.30. The highest BCUT2D eigenvalue weighted by molar-refractivity contribution is 14.1. The Hall–Kier alpha value is -1.20. The molecule has 21 heavy (non-hydrogen) atoms. The maximum Gasteiger partial charge on any atom is 0.573 e. The maximum absolute atomic E-state index is 12.7. The monoisotopic (exact) mass is 425 g/mol. The Morgan fingerprint density at radius 1 is 1.43 bits per heavy atom. The molecule has 1 aromatic heterocycles. The van der Waals surface area contributed by atoms with Crippen molar-refractivity contribution in [3.05, 3.63) is 21.0 Å². The van der Waals surface area contributed by atoms with Crippen LogP contribution in [0.3, 0.4) is 0 Å². The fraction of sp³-hybridized carbons (Fsp3) is 0.455. The molecule has 0 aliphatic rings. The highest BCUT2D eigenvalue weighted by Gasteiger charge is 2.33. The van der Waals surface area contributed by atoms with Gasteiger partial charge < -0.3 is 9.47 Å². The number of carbonyl (C=O) groups is 1. The van der Waals surface area contributed by atoms with Crippen LogP contribution in [0.15, 0.2) is 6.07 Å². The first-order chi connectivity index (χ1) is 9.64. The molecule has 1 aromatic rings. The Bertz CT molecular complexity index is 521. The van der Waals surface area contributed by atoms with Gasteiger partial charge in [0.05, 0.1) is 18.7 Å². The van der Waals surface area contributed by atoms with Gasteiger partial charge in [0, 0.05) is 3.57 Å². The van der Waals surface area contributed by atoms with Crippen molar-refractivity contribution in [1.29, 1.82) is 0 Å². The quantitative estimate of drug-likeness (QED) is 0.411. The molecule has 10 heteroatoms. The second kappa shape index (κ2) is 7.18. The van der Waals surface area contributed by atoms with E-state index < -0.39 is 42.3 Å². The summed E-state index contributed by atoms with van der Waals surface area (Å²) < 4.78 is 70.3. The number of aromatic nitrogens is 1. The normalized spacial score (nSPS) is 11.6. The fourth-order valence-electron chi connectivity index (χ4n) is 1.37. The van der Waals surface area contributed by atoms with Crippen LogP contribution < -0.4 is 4.74 Å². The number of pyridine rings is 1. The molecule has 0 radical (unpaired) electrons. The van der Waals surface area contributed by atoms with Crippen LogP contribution in [0.25, 0.3) is 0 Å². The summed E-state index contributed by atoms with van der Waals surface area (Å²) in [6.07, 6.45) is -8.71. The van der Waals surface area contributed by atoms with E-state index in [0.717, 1.165) is 6.07 Å². The van der Waals surface area contributed by atoms with E-state index in [9.17, 15) is 26.7 Å². The molecule has 0 aliphatic heterocycles. The number of hydrogen-bond acceptors (Lipinski definition) is 4. The summed E-state index contributed by atoms with van der Waals surface area (Å²) in [5, 5.41) is 0. The van der Waals surface area contributed by atoms with Crippen molar-refractivity contribution < 1.29 is 36.2 Å². The highest BCUT2D eigenvalue weighted by Crippen LogP contribution is 2.32. The third-order valence-electron chi connectivity index (χ3n) is 2.09. The molecular weight excluding hydrogens is 416 g/mol. The van der Waals surface area contributed by atoms with E-state index in [4.69, 9.17) is 0 Å². The molecule has 118 valence electrons. The van der Waals surface area contributed by atoms with Crippen molar-refractivity contribution >= 4 is 28.6 Å². The Kier molecular flexibility index (Phi) is 6.10. The SMILES string of the molecule is CCOC(=O)Cc1nc(C(F)F)c(I)cc1OC(F)(F)F. The minimum atomic E-state index is -5.03. The Labute approximate surface area is 129 Å². The van der Waals surface area contributed by atoms with Crippen LogP contribution in [-0.2, 0) is 16.0 Å². The van der Waals surface area contributed by atoms with E-state index >= 15 is 0 Å². The second-order valence-corrected chi connectivity index (χ2v) is 4.79. The van der Waals surface area contributed by atoms with Crippen LogP contribution in [0.4, 0.5) is 22.0 Å². The minimum absolute atomic E-state index is 0.000364. The number of hydrogen-bond donors (Lipinski definition) is 0. The molecule has 4 nitrogen and oxygen atoms in total. The van der Waals surface area contributed by atoms with Crippen LogP contribution >= 0.6 is 22.6 Å². The van der Waals surface area contributed by atoms with Crippen molar-refractivity contribution in [3.63, 3.8) is 0 Å². The van der Waals surface area contributed by atoms with Crippen LogP contribution in [-0.4, -0.2) is 23.9 Å². The van der Waals surface area contributed by atoms with Gasteiger partial charge in [-0.2, -0.15) is 0 Å². The molecule has 0 N–H and O–H groups in total. The fourth-order valence-corrected chi connectivity index (χ4v) is 2.01. The van der Waals surface area contributed by atoms with Crippen LogP contribution in [0.5, 0.6) is 5.75 Å². The number of esters is 1. The molecule has 0 amide bonds. The zero-order valence-corrected chi connectivity index (χ0v) is 12.7. The third-order valence-corrected chi connectivity index (χ3v) is 2.96. The molecule has 0 aromatic carbocycles. The lowest BCUT2D eigenvalue weighted by atomic mass is 10.2. The van der Waals surface area contributed by atoms with E-state index in [2.05, 4.69) is 14.5 Å². The van der Waals surface area contributed by atoms with Gasteiger partial charge in [-0.3, -0.25) is 4.79 Å². The molecule has 1 rings (SSSR count). The van der Waals surface area contributed by atoms with E-state index in [-0.39, 0.29) is 10.2 Å². The number of halogens is 6. The molecule has 0 saturated carbocycles. The van der Waals surface area contributed by atoms with Gasteiger partial charge >= 0.3 is 12.3 Å². The molecule has 1 heterocycles. The molecule has 0 unspecified atom stereocenters. The Balaban J connectivity index is 3.20. The predicted octanol–water partition coefficient (Wildman–Crippen LogP) is 3.63. The van der Waals surface area contributed by atoms with Gasteiger partial charge in [0.2, 0.25) is 0 Å². The lowest BCUT2D eigenvalue weighted by molar-refractivity contribution is -0.275.